The third-order valence-electron chi connectivity index (χ3n) is 5.54. The number of carbonyl (C=O) groups is 2. The maximum Gasteiger partial charge on any atom is 0.266 e. The largest absolute Gasteiger partial charge is 0.358 e. The van der Waals surface area contributed by atoms with Gasteiger partial charge in [-0.2, -0.15) is 0 Å². The van der Waals surface area contributed by atoms with Gasteiger partial charge in [-0.15, -0.1) is 11.3 Å². The maximum atomic E-state index is 13.2. The number of carbonyl (C=O) groups excluding carboxylic acids is 2. The zero-order valence-corrected chi connectivity index (χ0v) is 15.9. The molecule has 0 radical (unpaired) electrons. The Balaban J connectivity index is 1.87. The monoisotopic (exact) mass is 364 g/mol. The Kier molecular flexibility index (Phi) is 5.79. The van der Waals surface area contributed by atoms with E-state index in [-0.39, 0.29) is 24.1 Å². The van der Waals surface area contributed by atoms with E-state index in [0.29, 0.717) is 17.9 Å². The zero-order valence-electron chi connectivity index (χ0n) is 15.1. The Hall–Kier alpha value is -1.40. The Bertz CT molecular complexity index is 592. The Morgan fingerprint density at radius 3 is 2.64 bits per heavy atom. The lowest BCUT2D eigenvalue weighted by Crippen LogP contribution is -2.62. The van der Waals surface area contributed by atoms with Crippen LogP contribution in [-0.2, 0) is 9.53 Å². The third kappa shape index (κ3) is 3.75. The smallest absolute Gasteiger partial charge is 0.266 e. The van der Waals surface area contributed by atoms with Crippen LogP contribution in [0.15, 0.2) is 17.5 Å². The van der Waals surface area contributed by atoms with Crippen molar-refractivity contribution in [3.63, 3.8) is 0 Å². The average Bonchev–Trinajstić information content (AvgIpc) is 3.36. The summed E-state index contributed by atoms with van der Waals surface area (Å²) < 4.78 is 5.83. The van der Waals surface area contributed by atoms with Gasteiger partial charge in [0.2, 0.25) is 5.91 Å². The molecule has 1 aromatic heterocycles. The van der Waals surface area contributed by atoms with Crippen molar-refractivity contribution < 1.29 is 14.3 Å². The lowest BCUT2D eigenvalue weighted by atomic mass is 9.93. The van der Waals surface area contributed by atoms with Crippen LogP contribution in [0.4, 0.5) is 0 Å². The van der Waals surface area contributed by atoms with E-state index < -0.39 is 5.54 Å². The van der Waals surface area contributed by atoms with Gasteiger partial charge in [0.25, 0.3) is 5.91 Å². The third-order valence-corrected chi connectivity index (χ3v) is 6.40. The van der Waals surface area contributed by atoms with E-state index in [9.17, 15) is 9.59 Å². The molecule has 3 rings (SSSR count). The first-order chi connectivity index (χ1) is 12.1. The Labute approximate surface area is 153 Å². The van der Waals surface area contributed by atoms with Gasteiger partial charge < -0.3 is 10.1 Å². The summed E-state index contributed by atoms with van der Waals surface area (Å²) in [7, 11) is 0. The summed E-state index contributed by atoms with van der Waals surface area (Å²) in [6, 6.07) is 3.93. The number of amides is 2. The molecule has 1 aliphatic heterocycles. The van der Waals surface area contributed by atoms with Gasteiger partial charge in [-0.3, -0.25) is 14.5 Å². The van der Waals surface area contributed by atoms with E-state index in [1.54, 1.807) is 4.90 Å². The average molecular weight is 365 g/mol. The Morgan fingerprint density at radius 1 is 1.32 bits per heavy atom. The molecule has 5 nitrogen and oxygen atoms in total. The summed E-state index contributed by atoms with van der Waals surface area (Å²) in [6.07, 6.45) is 6.33. The molecule has 0 unspecified atom stereocenters. The summed E-state index contributed by atoms with van der Waals surface area (Å²) in [5.74, 6) is -0.157. The molecule has 0 bridgehead atoms. The minimum Gasteiger partial charge on any atom is -0.358 e. The van der Waals surface area contributed by atoms with Crippen LogP contribution in [0.2, 0.25) is 0 Å². The van der Waals surface area contributed by atoms with Crippen molar-refractivity contribution in [2.45, 2.75) is 76.6 Å². The SMILES string of the molecule is CC[C@@](C)(C(=O)NC1CCCC1)N(C(=O)c1cccs1)[C@@H]1CCCO1. The van der Waals surface area contributed by atoms with Crippen LogP contribution in [0.5, 0.6) is 0 Å². The van der Waals surface area contributed by atoms with Crippen molar-refractivity contribution in [1.29, 1.82) is 0 Å². The van der Waals surface area contributed by atoms with E-state index in [0.717, 1.165) is 38.5 Å². The molecule has 2 heterocycles. The van der Waals surface area contributed by atoms with E-state index in [1.807, 2.05) is 31.4 Å². The molecule has 1 N–H and O–H groups in total. The Morgan fingerprint density at radius 2 is 2.08 bits per heavy atom. The first kappa shape index (κ1) is 18.4. The minimum absolute atomic E-state index is 0.0534. The summed E-state index contributed by atoms with van der Waals surface area (Å²) >= 11 is 1.41. The highest BCUT2D eigenvalue weighted by Gasteiger charge is 2.46. The molecule has 0 aromatic carbocycles. The van der Waals surface area contributed by atoms with E-state index in [4.69, 9.17) is 4.74 Å². The molecular weight excluding hydrogens is 336 g/mol. The number of nitrogens with one attached hydrogen (secondary N) is 1. The van der Waals surface area contributed by atoms with Crippen LogP contribution >= 0.6 is 11.3 Å². The van der Waals surface area contributed by atoms with Gasteiger partial charge in [0.15, 0.2) is 0 Å². The van der Waals surface area contributed by atoms with Crippen molar-refractivity contribution in [1.82, 2.24) is 10.2 Å². The normalized spacial score (nSPS) is 23.4. The summed E-state index contributed by atoms with van der Waals surface area (Å²) in [5.41, 5.74) is -0.904. The standard InChI is InChI=1S/C19H28N2O3S/c1-3-19(2,18(23)20-14-8-4-5-9-14)21(16-11-6-12-24-16)17(22)15-10-7-13-25-15/h7,10,13-14,16H,3-6,8-9,11-12H2,1-2H3,(H,20,23)/t16-,19-/m0/s1. The van der Waals surface area contributed by atoms with Gasteiger partial charge in [-0.1, -0.05) is 25.8 Å². The van der Waals surface area contributed by atoms with E-state index in [1.165, 1.54) is 11.3 Å². The van der Waals surface area contributed by atoms with Crippen molar-refractivity contribution >= 4 is 23.2 Å². The topological polar surface area (TPSA) is 58.6 Å². The quantitative estimate of drug-likeness (QED) is 0.840. The molecule has 2 atom stereocenters. The molecule has 2 amide bonds. The van der Waals surface area contributed by atoms with Gasteiger partial charge >= 0.3 is 0 Å². The van der Waals surface area contributed by atoms with Gasteiger partial charge in [0, 0.05) is 12.6 Å². The fraction of sp³-hybridized carbons (Fsp3) is 0.684. The number of thiophene rings is 1. The maximum absolute atomic E-state index is 13.2. The van der Waals surface area contributed by atoms with Crippen molar-refractivity contribution in [3.05, 3.63) is 22.4 Å². The summed E-state index contributed by atoms with van der Waals surface area (Å²) in [6.45, 7) is 4.49. The highest BCUT2D eigenvalue weighted by Crippen LogP contribution is 2.31. The van der Waals surface area contributed by atoms with Crippen molar-refractivity contribution in [3.8, 4) is 0 Å². The molecule has 1 saturated heterocycles. The molecule has 138 valence electrons. The van der Waals surface area contributed by atoms with Crippen LogP contribution in [-0.4, -0.2) is 41.1 Å². The fourth-order valence-corrected chi connectivity index (χ4v) is 4.47. The van der Waals surface area contributed by atoms with Crippen LogP contribution in [0.3, 0.4) is 0 Å². The lowest BCUT2D eigenvalue weighted by molar-refractivity contribution is -0.139. The fourth-order valence-electron chi connectivity index (χ4n) is 3.81. The molecule has 1 aliphatic carbocycles. The van der Waals surface area contributed by atoms with E-state index >= 15 is 0 Å². The van der Waals surface area contributed by atoms with Crippen molar-refractivity contribution in [2.24, 2.45) is 0 Å². The molecule has 0 spiro atoms. The van der Waals surface area contributed by atoms with Gasteiger partial charge in [-0.25, -0.2) is 0 Å². The van der Waals surface area contributed by atoms with Crippen LogP contribution in [0.1, 0.15) is 68.5 Å². The van der Waals surface area contributed by atoms with Crippen LogP contribution in [0, 0.1) is 0 Å². The number of ether oxygens (including phenoxy) is 1. The number of nitrogens with zero attached hydrogens (tertiary/aromatic N) is 1. The molecule has 6 heteroatoms. The molecule has 25 heavy (non-hydrogen) atoms. The van der Waals surface area contributed by atoms with Gasteiger partial charge in [-0.05, 0) is 50.5 Å². The van der Waals surface area contributed by atoms with Crippen LogP contribution in [0.25, 0.3) is 0 Å². The highest BCUT2D eigenvalue weighted by molar-refractivity contribution is 7.12. The second kappa shape index (κ2) is 7.87. The molecule has 1 saturated carbocycles. The first-order valence-corrected chi connectivity index (χ1v) is 10.2. The zero-order chi connectivity index (χ0) is 17.9. The highest BCUT2D eigenvalue weighted by atomic mass is 32.1. The second-order valence-corrected chi connectivity index (χ2v) is 8.15. The lowest BCUT2D eigenvalue weighted by Gasteiger charge is -2.42. The number of rotatable bonds is 6. The predicted molar refractivity (Wildman–Crippen MR) is 98.6 cm³/mol. The molecular formula is C19H28N2O3S. The van der Waals surface area contributed by atoms with Crippen LogP contribution < -0.4 is 5.32 Å². The summed E-state index contributed by atoms with van der Waals surface area (Å²) in [4.78, 5) is 28.7. The van der Waals surface area contributed by atoms with Crippen molar-refractivity contribution in [2.75, 3.05) is 6.61 Å². The van der Waals surface area contributed by atoms with Gasteiger partial charge in [0.1, 0.15) is 11.8 Å². The number of hydrogen-bond acceptors (Lipinski definition) is 4. The minimum atomic E-state index is -0.904. The number of hydrogen-bond donors (Lipinski definition) is 1. The molecule has 1 aromatic rings. The summed E-state index contributed by atoms with van der Waals surface area (Å²) in [5, 5.41) is 5.08. The first-order valence-electron chi connectivity index (χ1n) is 9.36. The second-order valence-electron chi connectivity index (χ2n) is 7.20. The predicted octanol–water partition coefficient (Wildman–Crippen LogP) is 3.55. The van der Waals surface area contributed by atoms with E-state index in [2.05, 4.69) is 5.32 Å². The molecule has 2 aliphatic rings. The van der Waals surface area contributed by atoms with Gasteiger partial charge in [0.05, 0.1) is 4.88 Å². The molecule has 2 fully saturated rings.